The van der Waals surface area contributed by atoms with Crippen molar-refractivity contribution in [2.75, 3.05) is 0 Å². The molecule has 2 aromatic carbocycles. The van der Waals surface area contributed by atoms with E-state index >= 15 is 0 Å². The van der Waals surface area contributed by atoms with Crippen molar-refractivity contribution in [1.29, 1.82) is 0 Å². The first kappa shape index (κ1) is 13.4. The SMILES string of the molecule is c1cc(Cc2cccc(-n3cncn3)c2)cc(-n2cncn2)c1. The zero-order valence-electron chi connectivity index (χ0n) is 12.3. The van der Waals surface area contributed by atoms with Crippen LogP contribution >= 0.6 is 0 Å². The van der Waals surface area contributed by atoms with Crippen LogP contribution in [0.2, 0.25) is 0 Å². The van der Waals surface area contributed by atoms with Gasteiger partial charge in [-0.1, -0.05) is 24.3 Å². The standard InChI is InChI=1S/C17H14N6/c1-3-14(8-16(5-1)22-12-18-10-20-22)7-15-4-2-6-17(9-15)23-13-19-11-21-23/h1-6,8-13H,7H2. The van der Waals surface area contributed by atoms with Crippen LogP contribution < -0.4 is 0 Å². The molecule has 0 N–H and O–H groups in total. The quantitative estimate of drug-likeness (QED) is 0.581. The second-order valence-electron chi connectivity index (χ2n) is 5.20. The van der Waals surface area contributed by atoms with Crippen molar-refractivity contribution >= 4 is 0 Å². The maximum atomic E-state index is 4.17. The van der Waals surface area contributed by atoms with E-state index in [0.29, 0.717) is 0 Å². The molecule has 4 aromatic rings. The molecule has 6 heteroatoms. The van der Waals surface area contributed by atoms with Gasteiger partial charge >= 0.3 is 0 Å². The number of benzene rings is 2. The molecule has 2 heterocycles. The Labute approximate surface area is 133 Å². The van der Waals surface area contributed by atoms with E-state index in [1.165, 1.54) is 23.8 Å². The van der Waals surface area contributed by atoms with Crippen molar-refractivity contribution in [2.24, 2.45) is 0 Å². The van der Waals surface area contributed by atoms with Crippen molar-refractivity contribution in [1.82, 2.24) is 29.5 Å². The van der Waals surface area contributed by atoms with E-state index in [1.54, 1.807) is 22.0 Å². The van der Waals surface area contributed by atoms with Crippen LogP contribution in [0.3, 0.4) is 0 Å². The third-order valence-electron chi connectivity index (χ3n) is 3.60. The van der Waals surface area contributed by atoms with E-state index in [4.69, 9.17) is 0 Å². The van der Waals surface area contributed by atoms with Gasteiger partial charge in [0, 0.05) is 0 Å². The van der Waals surface area contributed by atoms with Crippen LogP contribution in [0.25, 0.3) is 11.4 Å². The van der Waals surface area contributed by atoms with Gasteiger partial charge in [0.1, 0.15) is 25.3 Å². The lowest BCUT2D eigenvalue weighted by Crippen LogP contribution is -1.98. The molecular formula is C17H14N6. The van der Waals surface area contributed by atoms with Crippen LogP contribution in [0.1, 0.15) is 11.1 Å². The molecule has 0 aliphatic carbocycles. The fraction of sp³-hybridized carbons (Fsp3) is 0.0588. The molecule has 23 heavy (non-hydrogen) atoms. The molecule has 0 fully saturated rings. The normalized spacial score (nSPS) is 10.8. The van der Waals surface area contributed by atoms with Crippen LogP contribution in [0.5, 0.6) is 0 Å². The van der Waals surface area contributed by atoms with Gasteiger partial charge in [-0.25, -0.2) is 19.3 Å². The predicted octanol–water partition coefficient (Wildman–Crippen LogP) is 2.44. The summed E-state index contributed by atoms with van der Waals surface area (Å²) < 4.78 is 3.52. The highest BCUT2D eigenvalue weighted by Crippen LogP contribution is 2.16. The molecule has 112 valence electrons. The van der Waals surface area contributed by atoms with Gasteiger partial charge in [0.05, 0.1) is 11.4 Å². The first-order valence-corrected chi connectivity index (χ1v) is 7.26. The fourth-order valence-electron chi connectivity index (χ4n) is 2.54. The Kier molecular flexibility index (Phi) is 3.40. The summed E-state index contributed by atoms with van der Waals surface area (Å²) in [6.45, 7) is 0. The fourth-order valence-corrected chi connectivity index (χ4v) is 2.54. The lowest BCUT2D eigenvalue weighted by molar-refractivity contribution is 0.873. The summed E-state index contributed by atoms with van der Waals surface area (Å²) in [4.78, 5) is 7.98. The van der Waals surface area contributed by atoms with Crippen LogP contribution in [0, 0.1) is 0 Å². The molecule has 2 aromatic heterocycles. The van der Waals surface area contributed by atoms with Gasteiger partial charge in [0.2, 0.25) is 0 Å². The lowest BCUT2D eigenvalue weighted by Gasteiger charge is -2.07. The zero-order chi connectivity index (χ0) is 15.5. The number of nitrogens with zero attached hydrogens (tertiary/aromatic N) is 6. The number of hydrogen-bond donors (Lipinski definition) is 0. The molecule has 0 unspecified atom stereocenters. The molecule has 0 aliphatic heterocycles. The molecule has 0 saturated carbocycles. The van der Waals surface area contributed by atoms with Crippen LogP contribution in [0.4, 0.5) is 0 Å². The van der Waals surface area contributed by atoms with Crippen molar-refractivity contribution in [3.8, 4) is 11.4 Å². The van der Waals surface area contributed by atoms with Gasteiger partial charge in [-0.3, -0.25) is 0 Å². The second kappa shape index (κ2) is 5.84. The Morgan fingerprint density at radius 1 is 0.696 bits per heavy atom. The summed E-state index contributed by atoms with van der Waals surface area (Å²) in [6.07, 6.45) is 7.31. The van der Waals surface area contributed by atoms with Crippen LogP contribution in [0.15, 0.2) is 73.8 Å². The summed E-state index contributed by atoms with van der Waals surface area (Å²) in [7, 11) is 0. The predicted molar refractivity (Wildman–Crippen MR) is 85.5 cm³/mol. The van der Waals surface area contributed by atoms with Crippen molar-refractivity contribution in [3.05, 3.63) is 85.0 Å². The summed E-state index contributed by atoms with van der Waals surface area (Å²) in [5.41, 5.74) is 4.45. The van der Waals surface area contributed by atoms with Gasteiger partial charge in [-0.2, -0.15) is 10.2 Å². The minimum Gasteiger partial charge on any atom is -0.223 e. The molecule has 4 rings (SSSR count). The van der Waals surface area contributed by atoms with E-state index in [9.17, 15) is 0 Å². The molecule has 0 aliphatic rings. The Morgan fingerprint density at radius 2 is 1.22 bits per heavy atom. The van der Waals surface area contributed by atoms with Crippen molar-refractivity contribution in [2.45, 2.75) is 6.42 Å². The lowest BCUT2D eigenvalue weighted by atomic mass is 10.0. The molecule has 6 nitrogen and oxygen atoms in total. The third kappa shape index (κ3) is 2.87. The van der Waals surface area contributed by atoms with E-state index in [2.05, 4.69) is 44.4 Å². The summed E-state index contributed by atoms with van der Waals surface area (Å²) in [5.74, 6) is 0. The number of rotatable bonds is 4. The second-order valence-corrected chi connectivity index (χ2v) is 5.20. The average Bonchev–Trinajstić information content (AvgIpc) is 3.29. The van der Waals surface area contributed by atoms with E-state index < -0.39 is 0 Å². The van der Waals surface area contributed by atoms with Gasteiger partial charge in [0.25, 0.3) is 0 Å². The third-order valence-corrected chi connectivity index (χ3v) is 3.60. The maximum Gasteiger partial charge on any atom is 0.138 e. The molecule has 0 amide bonds. The van der Waals surface area contributed by atoms with Gasteiger partial charge < -0.3 is 0 Å². The number of aromatic nitrogens is 6. The first-order chi connectivity index (χ1) is 11.4. The zero-order valence-corrected chi connectivity index (χ0v) is 12.3. The molecule has 0 radical (unpaired) electrons. The van der Waals surface area contributed by atoms with E-state index in [0.717, 1.165) is 17.8 Å². The van der Waals surface area contributed by atoms with Crippen LogP contribution in [-0.4, -0.2) is 29.5 Å². The topological polar surface area (TPSA) is 61.4 Å². The molecule has 0 saturated heterocycles. The highest BCUT2D eigenvalue weighted by atomic mass is 15.3. The van der Waals surface area contributed by atoms with Gasteiger partial charge in [-0.05, 0) is 41.8 Å². The molecule has 0 spiro atoms. The Bertz CT molecular complexity index is 821. The summed E-state index contributed by atoms with van der Waals surface area (Å²) >= 11 is 0. The smallest absolute Gasteiger partial charge is 0.138 e. The Hall–Kier alpha value is -3.28. The minimum absolute atomic E-state index is 0.838. The maximum absolute atomic E-state index is 4.17. The Balaban J connectivity index is 1.61. The van der Waals surface area contributed by atoms with Crippen molar-refractivity contribution < 1.29 is 0 Å². The monoisotopic (exact) mass is 302 g/mol. The molecule has 0 bridgehead atoms. The Morgan fingerprint density at radius 3 is 1.65 bits per heavy atom. The van der Waals surface area contributed by atoms with Crippen molar-refractivity contribution in [3.63, 3.8) is 0 Å². The minimum atomic E-state index is 0.838. The van der Waals surface area contributed by atoms with Crippen LogP contribution in [-0.2, 0) is 6.42 Å². The highest BCUT2D eigenvalue weighted by Gasteiger charge is 2.03. The first-order valence-electron chi connectivity index (χ1n) is 7.26. The molecular weight excluding hydrogens is 288 g/mol. The summed E-state index contributed by atoms with van der Waals surface area (Å²) in [5, 5.41) is 8.34. The number of hydrogen-bond acceptors (Lipinski definition) is 4. The highest BCUT2D eigenvalue weighted by molar-refractivity contribution is 5.40. The van der Waals surface area contributed by atoms with E-state index in [-0.39, 0.29) is 0 Å². The van der Waals surface area contributed by atoms with Gasteiger partial charge in [-0.15, -0.1) is 0 Å². The largest absolute Gasteiger partial charge is 0.223 e. The summed E-state index contributed by atoms with van der Waals surface area (Å²) in [6, 6.07) is 16.6. The van der Waals surface area contributed by atoms with E-state index in [1.807, 2.05) is 24.3 Å². The average molecular weight is 302 g/mol. The van der Waals surface area contributed by atoms with Gasteiger partial charge in [0.15, 0.2) is 0 Å². The molecule has 0 atom stereocenters.